The zero-order valence-electron chi connectivity index (χ0n) is 11.3. The number of anilines is 1. The lowest BCUT2D eigenvalue weighted by atomic mass is 10.3. The van der Waals surface area contributed by atoms with Gasteiger partial charge in [-0.1, -0.05) is 0 Å². The smallest absolute Gasteiger partial charge is 0.244 e. The van der Waals surface area contributed by atoms with Crippen molar-refractivity contribution in [2.24, 2.45) is 0 Å². The Labute approximate surface area is 122 Å². The Morgan fingerprint density at radius 1 is 1.40 bits per heavy atom. The molecule has 0 radical (unpaired) electrons. The molecule has 0 saturated heterocycles. The highest BCUT2D eigenvalue weighted by Crippen LogP contribution is 2.17. The summed E-state index contributed by atoms with van der Waals surface area (Å²) in [7, 11) is -1.93. The van der Waals surface area contributed by atoms with Crippen LogP contribution in [0.4, 0.5) is 5.82 Å². The lowest BCUT2D eigenvalue weighted by Gasteiger charge is -2.09. The number of hydrogen-bond donors (Lipinski definition) is 2. The molecule has 0 aromatic carbocycles. The minimum absolute atomic E-state index is 0.150. The average Bonchev–Trinajstić information content (AvgIpc) is 2.84. The number of sulfonamides is 1. The van der Waals surface area contributed by atoms with Crippen molar-refractivity contribution >= 4 is 27.2 Å². The molecule has 0 aliphatic heterocycles. The molecular formula is C12H16N4O2S2. The fourth-order valence-corrected chi connectivity index (χ4v) is 3.55. The van der Waals surface area contributed by atoms with Crippen LogP contribution in [0.3, 0.4) is 0 Å². The van der Waals surface area contributed by atoms with E-state index in [4.69, 9.17) is 0 Å². The Morgan fingerprint density at radius 2 is 2.20 bits per heavy atom. The molecule has 0 aliphatic carbocycles. The van der Waals surface area contributed by atoms with Crippen molar-refractivity contribution < 1.29 is 8.42 Å². The molecular weight excluding hydrogens is 296 g/mol. The normalized spacial score (nSPS) is 11.5. The van der Waals surface area contributed by atoms with E-state index < -0.39 is 10.0 Å². The highest BCUT2D eigenvalue weighted by atomic mass is 32.2. The minimum Gasteiger partial charge on any atom is -0.372 e. The van der Waals surface area contributed by atoms with Gasteiger partial charge in [0.15, 0.2) is 0 Å². The Morgan fingerprint density at radius 3 is 2.85 bits per heavy atom. The maximum Gasteiger partial charge on any atom is 0.244 e. The first-order chi connectivity index (χ1) is 9.53. The molecule has 0 saturated carbocycles. The van der Waals surface area contributed by atoms with Crippen LogP contribution in [-0.4, -0.2) is 32.0 Å². The molecule has 0 aliphatic rings. The quantitative estimate of drug-likeness (QED) is 0.842. The molecule has 0 bridgehead atoms. The fraction of sp³-hybridized carbons (Fsp3) is 0.333. The van der Waals surface area contributed by atoms with Crippen molar-refractivity contribution in [3.05, 3.63) is 34.4 Å². The summed E-state index contributed by atoms with van der Waals surface area (Å²) in [6.07, 6.45) is 2.11. The second-order valence-electron chi connectivity index (χ2n) is 4.11. The molecule has 8 heteroatoms. The monoisotopic (exact) mass is 312 g/mol. The molecule has 2 aromatic heterocycles. The van der Waals surface area contributed by atoms with Gasteiger partial charge in [0.25, 0.3) is 0 Å². The molecule has 20 heavy (non-hydrogen) atoms. The van der Waals surface area contributed by atoms with E-state index in [1.165, 1.54) is 6.07 Å². The second-order valence-corrected chi connectivity index (χ2v) is 6.90. The predicted molar refractivity (Wildman–Crippen MR) is 79.5 cm³/mol. The van der Waals surface area contributed by atoms with E-state index in [0.29, 0.717) is 18.8 Å². The van der Waals surface area contributed by atoms with Gasteiger partial charge in [-0.3, -0.25) is 0 Å². The summed E-state index contributed by atoms with van der Waals surface area (Å²) in [6, 6.07) is 3.12. The maximum absolute atomic E-state index is 12.2. The van der Waals surface area contributed by atoms with Crippen molar-refractivity contribution in [2.45, 2.75) is 18.2 Å². The summed E-state index contributed by atoms with van der Waals surface area (Å²) in [5.74, 6) is 0.338. The van der Waals surface area contributed by atoms with E-state index in [2.05, 4.69) is 20.0 Å². The number of pyridine rings is 1. The second kappa shape index (κ2) is 6.29. The summed E-state index contributed by atoms with van der Waals surface area (Å²) in [6.45, 7) is 2.23. The summed E-state index contributed by atoms with van der Waals surface area (Å²) in [5, 5.41) is 5.69. The van der Waals surface area contributed by atoms with E-state index in [1.54, 1.807) is 30.6 Å². The first-order valence-electron chi connectivity index (χ1n) is 6.06. The lowest BCUT2D eigenvalue weighted by Crippen LogP contribution is -2.27. The Hall–Kier alpha value is -1.51. The molecule has 0 amide bonds. The van der Waals surface area contributed by atoms with Gasteiger partial charge in [0.2, 0.25) is 10.0 Å². The van der Waals surface area contributed by atoms with Crippen LogP contribution in [-0.2, 0) is 16.4 Å². The number of nitrogens with zero attached hydrogens (tertiary/aromatic N) is 2. The standard InChI is InChI=1S/C12H16N4O2S2/c1-9-16-10(8-19-9)5-7-15-20(17,18)11-4-3-6-14-12(11)13-2/h3-4,6,8,15H,5,7H2,1-2H3,(H,13,14). The zero-order valence-corrected chi connectivity index (χ0v) is 12.9. The maximum atomic E-state index is 12.2. The van der Waals surface area contributed by atoms with Crippen molar-refractivity contribution in [1.82, 2.24) is 14.7 Å². The third-order valence-electron chi connectivity index (χ3n) is 2.64. The van der Waals surface area contributed by atoms with Crippen LogP contribution in [0.2, 0.25) is 0 Å². The van der Waals surface area contributed by atoms with Gasteiger partial charge in [0.05, 0.1) is 10.7 Å². The number of nitrogens with one attached hydrogen (secondary N) is 2. The highest BCUT2D eigenvalue weighted by Gasteiger charge is 2.18. The Bertz CT molecular complexity index is 682. The van der Waals surface area contributed by atoms with Crippen molar-refractivity contribution in [1.29, 1.82) is 0 Å². The predicted octanol–water partition coefficient (Wildman–Crippen LogP) is 1.41. The SMILES string of the molecule is CNc1ncccc1S(=O)(=O)NCCc1csc(C)n1. The third-order valence-corrected chi connectivity index (χ3v) is 4.95. The van der Waals surface area contributed by atoms with Gasteiger partial charge in [-0.05, 0) is 19.1 Å². The topological polar surface area (TPSA) is 84.0 Å². The van der Waals surface area contributed by atoms with Crippen molar-refractivity contribution in [2.75, 3.05) is 18.9 Å². The molecule has 2 rings (SSSR count). The molecule has 0 unspecified atom stereocenters. The first kappa shape index (κ1) is 14.9. The van der Waals surface area contributed by atoms with Gasteiger partial charge in [0.1, 0.15) is 10.7 Å². The summed E-state index contributed by atoms with van der Waals surface area (Å²) in [4.78, 5) is 8.44. The Balaban J connectivity index is 2.04. The van der Waals surface area contributed by atoms with Crippen molar-refractivity contribution in [3.63, 3.8) is 0 Å². The highest BCUT2D eigenvalue weighted by molar-refractivity contribution is 7.89. The largest absolute Gasteiger partial charge is 0.372 e. The molecule has 2 N–H and O–H groups in total. The van der Waals surface area contributed by atoms with E-state index in [1.807, 2.05) is 12.3 Å². The third kappa shape index (κ3) is 3.53. The Kier molecular flexibility index (Phi) is 4.69. The van der Waals surface area contributed by atoms with Crippen LogP contribution in [0.15, 0.2) is 28.6 Å². The van der Waals surface area contributed by atoms with Gasteiger partial charge >= 0.3 is 0 Å². The molecule has 6 nitrogen and oxygen atoms in total. The number of aryl methyl sites for hydroxylation is 1. The van der Waals surface area contributed by atoms with Gasteiger partial charge < -0.3 is 5.32 Å². The summed E-state index contributed by atoms with van der Waals surface area (Å²) in [5.41, 5.74) is 0.898. The van der Waals surface area contributed by atoms with E-state index in [-0.39, 0.29) is 4.90 Å². The summed E-state index contributed by atoms with van der Waals surface area (Å²) >= 11 is 1.56. The number of aromatic nitrogens is 2. The summed E-state index contributed by atoms with van der Waals surface area (Å²) < 4.78 is 27.0. The van der Waals surface area contributed by atoms with E-state index >= 15 is 0 Å². The van der Waals surface area contributed by atoms with Crippen LogP contribution in [0.1, 0.15) is 10.7 Å². The van der Waals surface area contributed by atoms with E-state index in [9.17, 15) is 8.42 Å². The first-order valence-corrected chi connectivity index (χ1v) is 8.42. The van der Waals surface area contributed by atoms with Gasteiger partial charge in [-0.15, -0.1) is 11.3 Å². The van der Waals surface area contributed by atoms with Gasteiger partial charge in [-0.25, -0.2) is 23.1 Å². The van der Waals surface area contributed by atoms with Crippen LogP contribution in [0.25, 0.3) is 0 Å². The minimum atomic E-state index is -3.57. The molecule has 108 valence electrons. The molecule has 0 fully saturated rings. The number of thiazole rings is 1. The van der Waals surface area contributed by atoms with Crippen LogP contribution in [0, 0.1) is 6.92 Å². The number of hydrogen-bond acceptors (Lipinski definition) is 6. The van der Waals surface area contributed by atoms with Crippen LogP contribution in [0.5, 0.6) is 0 Å². The zero-order chi connectivity index (χ0) is 14.6. The van der Waals surface area contributed by atoms with Crippen LogP contribution >= 0.6 is 11.3 Å². The molecule has 0 spiro atoms. The van der Waals surface area contributed by atoms with Gasteiger partial charge in [-0.2, -0.15) is 0 Å². The van der Waals surface area contributed by atoms with E-state index in [0.717, 1.165) is 10.7 Å². The number of rotatable bonds is 6. The van der Waals surface area contributed by atoms with Crippen molar-refractivity contribution in [3.8, 4) is 0 Å². The molecule has 0 atom stereocenters. The lowest BCUT2D eigenvalue weighted by molar-refractivity contribution is 0.581. The molecule has 2 aromatic rings. The average molecular weight is 312 g/mol. The fourth-order valence-electron chi connectivity index (χ4n) is 1.71. The molecule has 2 heterocycles. The van der Waals surface area contributed by atoms with Gasteiger partial charge in [0, 0.05) is 31.6 Å². The van der Waals surface area contributed by atoms with Crippen LogP contribution < -0.4 is 10.0 Å².